The highest BCUT2D eigenvalue weighted by atomic mass is 19.1. The summed E-state index contributed by atoms with van der Waals surface area (Å²) >= 11 is 0. The van der Waals surface area contributed by atoms with E-state index < -0.39 is 0 Å². The van der Waals surface area contributed by atoms with Gasteiger partial charge in [0.25, 0.3) is 0 Å². The third-order valence-electron chi connectivity index (χ3n) is 4.20. The Morgan fingerprint density at radius 3 is 2.50 bits per heavy atom. The highest BCUT2D eigenvalue weighted by Gasteiger charge is 2.15. The Balaban J connectivity index is 1.94. The highest BCUT2D eigenvalue weighted by molar-refractivity contribution is 5.78. The molecule has 0 aromatic heterocycles. The molecule has 0 bridgehead atoms. The number of benzene rings is 2. The van der Waals surface area contributed by atoms with Gasteiger partial charge in [-0.3, -0.25) is 9.69 Å². The van der Waals surface area contributed by atoms with Crippen molar-refractivity contribution in [3.8, 4) is 0 Å². The van der Waals surface area contributed by atoms with Gasteiger partial charge >= 0.3 is 0 Å². The van der Waals surface area contributed by atoms with Crippen molar-refractivity contribution in [3.63, 3.8) is 0 Å². The molecule has 128 valence electrons. The molecule has 1 amide bonds. The highest BCUT2D eigenvalue weighted by Crippen LogP contribution is 2.11. The molecule has 0 N–H and O–H groups in total. The van der Waals surface area contributed by atoms with Gasteiger partial charge in [0.1, 0.15) is 5.82 Å². The first kappa shape index (κ1) is 18.1. The number of hydrogen-bond donors (Lipinski definition) is 0. The molecule has 3 nitrogen and oxygen atoms in total. The monoisotopic (exact) mass is 328 g/mol. The van der Waals surface area contributed by atoms with E-state index in [9.17, 15) is 9.18 Å². The van der Waals surface area contributed by atoms with Crippen molar-refractivity contribution in [3.05, 3.63) is 71.0 Å². The minimum Gasteiger partial charge on any atom is -0.340 e. The molecule has 2 rings (SSSR count). The first-order valence-corrected chi connectivity index (χ1v) is 8.25. The van der Waals surface area contributed by atoms with Gasteiger partial charge in [0.15, 0.2) is 0 Å². The molecule has 0 aliphatic rings. The largest absolute Gasteiger partial charge is 0.340 e. The summed E-state index contributed by atoms with van der Waals surface area (Å²) in [5, 5.41) is 0. The molecule has 0 aliphatic carbocycles. The van der Waals surface area contributed by atoms with E-state index in [1.807, 2.05) is 43.1 Å². The van der Waals surface area contributed by atoms with Crippen molar-refractivity contribution in [1.82, 2.24) is 9.80 Å². The lowest BCUT2D eigenvalue weighted by molar-refractivity contribution is -0.131. The molecule has 0 saturated carbocycles. The van der Waals surface area contributed by atoms with Crippen molar-refractivity contribution in [1.29, 1.82) is 0 Å². The van der Waals surface area contributed by atoms with Crippen LogP contribution in [0.4, 0.5) is 4.39 Å². The number of aryl methyl sites for hydroxylation is 1. The zero-order valence-electron chi connectivity index (χ0n) is 14.6. The van der Waals surface area contributed by atoms with Gasteiger partial charge in [-0.25, -0.2) is 4.39 Å². The Morgan fingerprint density at radius 1 is 1.08 bits per heavy atom. The maximum atomic E-state index is 13.3. The van der Waals surface area contributed by atoms with Crippen LogP contribution in [0.3, 0.4) is 0 Å². The van der Waals surface area contributed by atoms with E-state index >= 15 is 0 Å². The Hall–Kier alpha value is -2.20. The van der Waals surface area contributed by atoms with E-state index in [-0.39, 0.29) is 11.7 Å². The number of carbonyl (C=O) groups is 1. The van der Waals surface area contributed by atoms with Gasteiger partial charge in [0.05, 0.1) is 6.54 Å². The summed E-state index contributed by atoms with van der Waals surface area (Å²) in [5.41, 5.74) is 3.22. The lowest BCUT2D eigenvalue weighted by atomic mass is 10.1. The van der Waals surface area contributed by atoms with Gasteiger partial charge in [-0.2, -0.15) is 0 Å². The lowest BCUT2D eigenvalue weighted by Gasteiger charge is -2.24. The second-order valence-corrected chi connectivity index (χ2v) is 6.11. The van der Waals surface area contributed by atoms with E-state index in [2.05, 4.69) is 13.0 Å². The normalized spacial score (nSPS) is 10.9. The Kier molecular flexibility index (Phi) is 6.50. The zero-order chi connectivity index (χ0) is 17.5. The maximum Gasteiger partial charge on any atom is 0.236 e. The standard InChI is InChI=1S/C20H25FN2O/c1-4-23(13-17-9-7-11-19(21)12-17)15-20(24)22(3)14-18-10-6-5-8-16(18)2/h5-12H,4,13-15H2,1-3H3. The molecule has 0 atom stereocenters. The van der Waals surface area contributed by atoms with Crippen LogP contribution in [0.5, 0.6) is 0 Å². The molecule has 4 heteroatoms. The lowest BCUT2D eigenvalue weighted by Crippen LogP contribution is -2.37. The van der Waals surface area contributed by atoms with E-state index in [0.717, 1.165) is 17.7 Å². The van der Waals surface area contributed by atoms with E-state index in [1.165, 1.54) is 17.7 Å². The molecule has 0 fully saturated rings. The van der Waals surface area contributed by atoms with Crippen LogP contribution in [0, 0.1) is 12.7 Å². The smallest absolute Gasteiger partial charge is 0.236 e. The van der Waals surface area contributed by atoms with Crippen LogP contribution in [0.25, 0.3) is 0 Å². The van der Waals surface area contributed by atoms with Gasteiger partial charge in [-0.15, -0.1) is 0 Å². The van der Waals surface area contributed by atoms with Gasteiger partial charge in [-0.1, -0.05) is 43.3 Å². The number of likely N-dealkylation sites (N-methyl/N-ethyl adjacent to an activating group) is 2. The quantitative estimate of drug-likeness (QED) is 0.775. The fraction of sp³-hybridized carbons (Fsp3) is 0.350. The summed E-state index contributed by atoms with van der Waals surface area (Å²) in [4.78, 5) is 16.3. The van der Waals surface area contributed by atoms with E-state index in [1.54, 1.807) is 11.0 Å². The molecule has 2 aromatic rings. The van der Waals surface area contributed by atoms with Gasteiger partial charge in [0.2, 0.25) is 5.91 Å². The second kappa shape index (κ2) is 8.60. The van der Waals surface area contributed by atoms with Gasteiger partial charge in [-0.05, 0) is 42.3 Å². The van der Waals surface area contributed by atoms with Crippen molar-refractivity contribution >= 4 is 5.91 Å². The van der Waals surface area contributed by atoms with Crippen LogP contribution in [-0.2, 0) is 17.9 Å². The molecule has 0 spiro atoms. The van der Waals surface area contributed by atoms with Gasteiger partial charge in [0, 0.05) is 20.1 Å². The predicted molar refractivity (Wildman–Crippen MR) is 95.0 cm³/mol. The Labute approximate surface area is 143 Å². The average molecular weight is 328 g/mol. The topological polar surface area (TPSA) is 23.6 Å². The third kappa shape index (κ3) is 5.17. The van der Waals surface area contributed by atoms with E-state index in [0.29, 0.717) is 19.6 Å². The molecule has 24 heavy (non-hydrogen) atoms. The van der Waals surface area contributed by atoms with Crippen LogP contribution in [0.2, 0.25) is 0 Å². The Morgan fingerprint density at radius 2 is 1.83 bits per heavy atom. The summed E-state index contributed by atoms with van der Waals surface area (Å²) < 4.78 is 13.3. The van der Waals surface area contributed by atoms with Crippen LogP contribution in [-0.4, -0.2) is 35.8 Å². The minimum atomic E-state index is -0.244. The first-order valence-electron chi connectivity index (χ1n) is 8.25. The van der Waals surface area contributed by atoms with Crippen LogP contribution >= 0.6 is 0 Å². The SMILES string of the molecule is CCN(CC(=O)N(C)Cc1ccccc1C)Cc1cccc(F)c1. The fourth-order valence-electron chi connectivity index (χ4n) is 2.62. The van der Waals surface area contributed by atoms with Crippen LogP contribution in [0.15, 0.2) is 48.5 Å². The summed E-state index contributed by atoms with van der Waals surface area (Å²) in [5.74, 6) is -0.178. The van der Waals surface area contributed by atoms with Crippen LogP contribution in [0.1, 0.15) is 23.6 Å². The molecule has 0 radical (unpaired) electrons. The molecular formula is C20H25FN2O. The second-order valence-electron chi connectivity index (χ2n) is 6.11. The third-order valence-corrected chi connectivity index (χ3v) is 4.20. The number of amides is 1. The van der Waals surface area contributed by atoms with Crippen molar-refractivity contribution in [2.24, 2.45) is 0 Å². The zero-order valence-corrected chi connectivity index (χ0v) is 14.6. The molecule has 0 saturated heterocycles. The fourth-order valence-corrected chi connectivity index (χ4v) is 2.62. The summed E-state index contributed by atoms with van der Waals surface area (Å²) in [6.45, 7) is 6.29. The number of halogens is 1. The summed E-state index contributed by atoms with van der Waals surface area (Å²) in [6, 6.07) is 14.6. The van der Waals surface area contributed by atoms with Gasteiger partial charge < -0.3 is 4.90 Å². The van der Waals surface area contributed by atoms with Crippen LogP contribution < -0.4 is 0 Å². The minimum absolute atomic E-state index is 0.0662. The number of hydrogen-bond acceptors (Lipinski definition) is 2. The van der Waals surface area contributed by atoms with Crippen molar-refractivity contribution < 1.29 is 9.18 Å². The molecule has 2 aromatic carbocycles. The first-order chi connectivity index (χ1) is 11.5. The number of nitrogens with zero attached hydrogens (tertiary/aromatic N) is 2. The Bertz CT molecular complexity index is 687. The molecule has 0 unspecified atom stereocenters. The number of carbonyl (C=O) groups excluding carboxylic acids is 1. The molecule has 0 aliphatic heterocycles. The predicted octanol–water partition coefficient (Wildman–Crippen LogP) is 3.61. The van der Waals surface area contributed by atoms with Crippen molar-refractivity contribution in [2.45, 2.75) is 26.9 Å². The average Bonchev–Trinajstić information content (AvgIpc) is 2.56. The van der Waals surface area contributed by atoms with E-state index in [4.69, 9.17) is 0 Å². The van der Waals surface area contributed by atoms with Crippen molar-refractivity contribution in [2.75, 3.05) is 20.1 Å². The maximum absolute atomic E-state index is 13.3. The summed E-state index contributed by atoms with van der Waals surface area (Å²) in [7, 11) is 1.82. The molecule has 0 heterocycles. The molecular weight excluding hydrogens is 303 g/mol. The summed E-state index contributed by atoms with van der Waals surface area (Å²) in [6.07, 6.45) is 0. The number of rotatable bonds is 7.